The van der Waals surface area contributed by atoms with Crippen molar-refractivity contribution in [3.63, 3.8) is 0 Å². The Kier molecular flexibility index (Phi) is 3.19. The summed E-state index contributed by atoms with van der Waals surface area (Å²) in [6, 6.07) is 7.72. The molecule has 0 radical (unpaired) electrons. The summed E-state index contributed by atoms with van der Waals surface area (Å²) in [6.45, 7) is 1.75. The van der Waals surface area contributed by atoms with Gasteiger partial charge in [-0.3, -0.25) is 4.99 Å². The minimum absolute atomic E-state index is 0.0655. The number of benzene rings is 1. The second kappa shape index (κ2) is 4.98. The summed E-state index contributed by atoms with van der Waals surface area (Å²) in [4.78, 5) is 4.48. The van der Waals surface area contributed by atoms with Crippen molar-refractivity contribution in [1.29, 1.82) is 0 Å². The molecule has 2 N–H and O–H groups in total. The van der Waals surface area contributed by atoms with Gasteiger partial charge in [0.25, 0.3) is 0 Å². The van der Waals surface area contributed by atoms with E-state index in [2.05, 4.69) is 10.3 Å². The monoisotopic (exact) mass is 246 g/mol. The van der Waals surface area contributed by atoms with Gasteiger partial charge in [0.2, 0.25) is 5.90 Å². The molecule has 0 saturated carbocycles. The van der Waals surface area contributed by atoms with Gasteiger partial charge < -0.3 is 15.2 Å². The number of nitrogens with one attached hydrogen (secondary N) is 1. The van der Waals surface area contributed by atoms with E-state index in [0.29, 0.717) is 24.8 Å². The van der Waals surface area contributed by atoms with Crippen molar-refractivity contribution in [3.05, 3.63) is 29.8 Å². The minimum atomic E-state index is 0.0655. The maximum atomic E-state index is 9.74. The molecule has 1 fully saturated rings. The quantitative estimate of drug-likeness (QED) is 0.849. The van der Waals surface area contributed by atoms with Gasteiger partial charge >= 0.3 is 0 Å². The van der Waals surface area contributed by atoms with Crippen LogP contribution in [0, 0.1) is 0 Å². The molecular weight excluding hydrogens is 228 g/mol. The number of aromatic hydroxyl groups is 1. The molecule has 1 aromatic rings. The van der Waals surface area contributed by atoms with E-state index in [1.807, 2.05) is 18.2 Å². The van der Waals surface area contributed by atoms with Crippen LogP contribution in [0.1, 0.15) is 18.4 Å². The Morgan fingerprint density at radius 1 is 1.39 bits per heavy atom. The highest BCUT2D eigenvalue weighted by Gasteiger charge is 2.28. The molecular formula is C14H18N2O2. The van der Waals surface area contributed by atoms with Crippen molar-refractivity contribution in [2.45, 2.75) is 31.4 Å². The maximum absolute atomic E-state index is 9.74. The molecule has 0 aliphatic carbocycles. The summed E-state index contributed by atoms with van der Waals surface area (Å²) in [5.41, 5.74) is 0.929. The average molecular weight is 246 g/mol. The Morgan fingerprint density at radius 2 is 2.28 bits per heavy atom. The van der Waals surface area contributed by atoms with Crippen molar-refractivity contribution < 1.29 is 9.84 Å². The molecule has 2 unspecified atom stereocenters. The van der Waals surface area contributed by atoms with E-state index in [0.717, 1.165) is 24.4 Å². The highest BCUT2D eigenvalue weighted by atomic mass is 16.5. The summed E-state index contributed by atoms with van der Waals surface area (Å²) in [5, 5.41) is 13.1. The van der Waals surface area contributed by atoms with Gasteiger partial charge in [-0.15, -0.1) is 0 Å². The van der Waals surface area contributed by atoms with Gasteiger partial charge in [-0.05, 0) is 31.0 Å². The molecule has 96 valence electrons. The normalized spacial score (nSPS) is 27.0. The summed E-state index contributed by atoms with van der Waals surface area (Å²) in [5.74, 6) is 1.20. The van der Waals surface area contributed by atoms with Crippen LogP contribution in [-0.4, -0.2) is 36.2 Å². The van der Waals surface area contributed by atoms with Crippen LogP contribution in [0.3, 0.4) is 0 Å². The van der Waals surface area contributed by atoms with Crippen LogP contribution in [-0.2, 0) is 11.2 Å². The van der Waals surface area contributed by atoms with E-state index < -0.39 is 0 Å². The fourth-order valence-electron chi connectivity index (χ4n) is 2.56. The molecule has 2 aliphatic rings. The zero-order valence-corrected chi connectivity index (χ0v) is 10.3. The first kappa shape index (κ1) is 11.5. The molecule has 1 aromatic carbocycles. The first-order valence-corrected chi connectivity index (χ1v) is 6.54. The van der Waals surface area contributed by atoms with Gasteiger partial charge in [0.15, 0.2) is 0 Å². The van der Waals surface area contributed by atoms with E-state index in [-0.39, 0.29) is 6.10 Å². The van der Waals surface area contributed by atoms with E-state index >= 15 is 0 Å². The largest absolute Gasteiger partial charge is 0.508 e. The standard InChI is InChI=1S/C14H18N2O2/c17-13-6-2-1-4-10(13)8-11-9-16-14(18-11)12-5-3-7-15-12/h1-2,4,6,11-12,15,17H,3,5,7-9H2. The van der Waals surface area contributed by atoms with Crippen LogP contribution < -0.4 is 5.32 Å². The van der Waals surface area contributed by atoms with Crippen LogP contribution in [0.5, 0.6) is 5.75 Å². The molecule has 0 spiro atoms. The first-order chi connectivity index (χ1) is 8.83. The van der Waals surface area contributed by atoms with Gasteiger partial charge in [-0.2, -0.15) is 0 Å². The number of hydrogen-bond donors (Lipinski definition) is 2. The topological polar surface area (TPSA) is 53.9 Å². The lowest BCUT2D eigenvalue weighted by molar-refractivity contribution is 0.213. The third-order valence-electron chi connectivity index (χ3n) is 3.54. The van der Waals surface area contributed by atoms with Crippen LogP contribution >= 0.6 is 0 Å². The summed E-state index contributed by atoms with van der Waals surface area (Å²) in [7, 11) is 0. The molecule has 2 aliphatic heterocycles. The number of phenols is 1. The fourth-order valence-corrected chi connectivity index (χ4v) is 2.56. The second-order valence-electron chi connectivity index (χ2n) is 4.90. The molecule has 4 nitrogen and oxygen atoms in total. The molecule has 0 aromatic heterocycles. The van der Waals surface area contributed by atoms with Crippen LogP contribution in [0.2, 0.25) is 0 Å². The Balaban J connectivity index is 1.59. The van der Waals surface area contributed by atoms with Crippen LogP contribution in [0.15, 0.2) is 29.3 Å². The van der Waals surface area contributed by atoms with Gasteiger partial charge in [0.05, 0.1) is 12.6 Å². The lowest BCUT2D eigenvalue weighted by Gasteiger charge is -2.15. The Labute approximate surface area is 107 Å². The number of phenolic OH excluding ortho intramolecular Hbond substituents is 1. The number of aliphatic imine (C=N–C) groups is 1. The van der Waals surface area contributed by atoms with Gasteiger partial charge in [0.1, 0.15) is 11.9 Å². The number of nitrogens with zero attached hydrogens (tertiary/aromatic N) is 1. The molecule has 3 rings (SSSR count). The Hall–Kier alpha value is -1.55. The number of ether oxygens (including phenoxy) is 1. The SMILES string of the molecule is Oc1ccccc1CC1CN=C(C2CCCN2)O1. The predicted molar refractivity (Wildman–Crippen MR) is 70.0 cm³/mol. The lowest BCUT2D eigenvalue weighted by atomic mass is 10.1. The smallest absolute Gasteiger partial charge is 0.201 e. The van der Waals surface area contributed by atoms with Gasteiger partial charge in [-0.1, -0.05) is 18.2 Å². The van der Waals surface area contributed by atoms with Crippen molar-refractivity contribution in [3.8, 4) is 5.75 Å². The molecule has 1 saturated heterocycles. The number of hydrogen-bond acceptors (Lipinski definition) is 4. The highest BCUT2D eigenvalue weighted by Crippen LogP contribution is 2.22. The summed E-state index contributed by atoms with van der Waals surface area (Å²) < 4.78 is 5.88. The molecule has 0 bridgehead atoms. The van der Waals surface area contributed by atoms with Gasteiger partial charge in [0, 0.05) is 6.42 Å². The first-order valence-electron chi connectivity index (χ1n) is 6.54. The van der Waals surface area contributed by atoms with Crippen molar-refractivity contribution in [1.82, 2.24) is 5.32 Å². The maximum Gasteiger partial charge on any atom is 0.201 e. The second-order valence-corrected chi connectivity index (χ2v) is 4.90. The Bertz CT molecular complexity index is 453. The van der Waals surface area contributed by atoms with Gasteiger partial charge in [-0.25, -0.2) is 0 Å². The van der Waals surface area contributed by atoms with Crippen LogP contribution in [0.4, 0.5) is 0 Å². The molecule has 0 amide bonds. The fraction of sp³-hybridized carbons (Fsp3) is 0.500. The molecule has 2 atom stereocenters. The third-order valence-corrected chi connectivity index (χ3v) is 3.54. The average Bonchev–Trinajstić information content (AvgIpc) is 3.02. The van der Waals surface area contributed by atoms with E-state index in [1.165, 1.54) is 6.42 Å². The highest BCUT2D eigenvalue weighted by molar-refractivity contribution is 5.83. The van der Waals surface area contributed by atoms with E-state index in [9.17, 15) is 5.11 Å². The van der Waals surface area contributed by atoms with Crippen molar-refractivity contribution in [2.75, 3.05) is 13.1 Å². The van der Waals surface area contributed by atoms with E-state index in [4.69, 9.17) is 4.74 Å². The minimum Gasteiger partial charge on any atom is -0.508 e. The van der Waals surface area contributed by atoms with Crippen molar-refractivity contribution in [2.24, 2.45) is 4.99 Å². The Morgan fingerprint density at radius 3 is 3.06 bits per heavy atom. The van der Waals surface area contributed by atoms with Crippen molar-refractivity contribution >= 4 is 5.90 Å². The van der Waals surface area contributed by atoms with Crippen LogP contribution in [0.25, 0.3) is 0 Å². The lowest BCUT2D eigenvalue weighted by Crippen LogP contribution is -2.32. The molecule has 4 heteroatoms. The number of rotatable bonds is 3. The molecule has 2 heterocycles. The zero-order chi connectivity index (χ0) is 12.4. The zero-order valence-electron chi connectivity index (χ0n) is 10.3. The summed E-state index contributed by atoms with van der Waals surface area (Å²) >= 11 is 0. The third kappa shape index (κ3) is 2.34. The predicted octanol–water partition coefficient (Wildman–Crippen LogP) is 1.48. The molecule has 18 heavy (non-hydrogen) atoms. The van der Waals surface area contributed by atoms with E-state index in [1.54, 1.807) is 6.07 Å². The number of para-hydroxylation sites is 1. The summed E-state index contributed by atoms with van der Waals surface area (Å²) in [6.07, 6.45) is 3.09.